The Morgan fingerprint density at radius 3 is 2.47 bits per heavy atom. The van der Waals surface area contributed by atoms with Gasteiger partial charge in [0, 0.05) is 32.3 Å². The molecule has 1 rings (SSSR count). The highest BCUT2D eigenvalue weighted by molar-refractivity contribution is 5.20. The first-order valence-electron chi connectivity index (χ1n) is 7.16. The lowest BCUT2D eigenvalue weighted by Gasteiger charge is -2.34. The highest BCUT2D eigenvalue weighted by Gasteiger charge is 2.23. The number of nitrogens with zero attached hydrogens (tertiary/aromatic N) is 1. The molecule has 1 aromatic rings. The van der Waals surface area contributed by atoms with Crippen molar-refractivity contribution in [1.82, 2.24) is 10.2 Å². The molecule has 2 unspecified atom stereocenters. The van der Waals surface area contributed by atoms with Gasteiger partial charge in [-0.3, -0.25) is 0 Å². The standard InChI is InChI=1S/C16H28N2O/c1-5-15(18(3)12-9-13-19-4)16(17-2)14-10-7-6-8-11-14/h6-8,10-11,15-17H,5,9,12-13H2,1-4H3. The number of nitrogens with one attached hydrogen (secondary N) is 1. The minimum Gasteiger partial charge on any atom is -0.385 e. The normalized spacial score (nSPS) is 14.6. The molecule has 1 aromatic carbocycles. The monoisotopic (exact) mass is 264 g/mol. The fourth-order valence-corrected chi connectivity index (χ4v) is 2.67. The van der Waals surface area contributed by atoms with E-state index in [4.69, 9.17) is 4.74 Å². The van der Waals surface area contributed by atoms with Gasteiger partial charge in [0.25, 0.3) is 0 Å². The number of hydrogen-bond acceptors (Lipinski definition) is 3. The highest BCUT2D eigenvalue weighted by atomic mass is 16.5. The van der Waals surface area contributed by atoms with E-state index < -0.39 is 0 Å². The molecular formula is C16H28N2O. The van der Waals surface area contributed by atoms with Crippen molar-refractivity contribution < 1.29 is 4.74 Å². The molecule has 0 aliphatic carbocycles. The Kier molecular flexibility index (Phi) is 7.72. The van der Waals surface area contributed by atoms with Crippen molar-refractivity contribution in [2.45, 2.75) is 31.8 Å². The Labute approximate surface area is 118 Å². The van der Waals surface area contributed by atoms with Crippen molar-refractivity contribution in [2.24, 2.45) is 0 Å². The van der Waals surface area contributed by atoms with Crippen LogP contribution >= 0.6 is 0 Å². The maximum atomic E-state index is 5.13. The summed E-state index contributed by atoms with van der Waals surface area (Å²) in [5.74, 6) is 0. The molecule has 1 N–H and O–H groups in total. The van der Waals surface area contributed by atoms with Crippen LogP contribution in [-0.4, -0.2) is 45.3 Å². The molecular weight excluding hydrogens is 236 g/mol. The summed E-state index contributed by atoms with van der Waals surface area (Å²) >= 11 is 0. The van der Waals surface area contributed by atoms with E-state index in [-0.39, 0.29) is 0 Å². The maximum absolute atomic E-state index is 5.13. The van der Waals surface area contributed by atoms with E-state index in [1.54, 1.807) is 7.11 Å². The number of likely N-dealkylation sites (N-methyl/N-ethyl adjacent to an activating group) is 2. The van der Waals surface area contributed by atoms with Crippen molar-refractivity contribution in [3.05, 3.63) is 35.9 Å². The number of rotatable bonds is 9. The van der Waals surface area contributed by atoms with Gasteiger partial charge in [-0.1, -0.05) is 37.3 Å². The van der Waals surface area contributed by atoms with Crippen LogP contribution < -0.4 is 5.32 Å². The third kappa shape index (κ3) is 4.94. The second kappa shape index (κ2) is 9.08. The lowest BCUT2D eigenvalue weighted by atomic mass is 9.96. The van der Waals surface area contributed by atoms with Gasteiger partial charge in [0.2, 0.25) is 0 Å². The average Bonchev–Trinajstić information content (AvgIpc) is 2.45. The van der Waals surface area contributed by atoms with Crippen LogP contribution in [0.3, 0.4) is 0 Å². The molecule has 0 radical (unpaired) electrons. The Hall–Kier alpha value is -0.900. The van der Waals surface area contributed by atoms with Gasteiger partial charge in [0.05, 0.1) is 0 Å². The van der Waals surface area contributed by atoms with Crippen LogP contribution in [0.4, 0.5) is 0 Å². The predicted molar refractivity (Wildman–Crippen MR) is 81.4 cm³/mol. The SMILES string of the molecule is CCC(C(NC)c1ccccc1)N(C)CCCOC. The summed E-state index contributed by atoms with van der Waals surface area (Å²) in [6, 6.07) is 11.6. The number of hydrogen-bond donors (Lipinski definition) is 1. The van der Waals surface area contributed by atoms with E-state index in [1.165, 1.54) is 5.56 Å². The summed E-state index contributed by atoms with van der Waals surface area (Å²) < 4.78 is 5.13. The molecule has 0 fully saturated rings. The molecule has 108 valence electrons. The molecule has 2 atom stereocenters. The van der Waals surface area contributed by atoms with Crippen LogP contribution in [0.5, 0.6) is 0 Å². The van der Waals surface area contributed by atoms with Gasteiger partial charge in [-0.2, -0.15) is 0 Å². The number of ether oxygens (including phenoxy) is 1. The van der Waals surface area contributed by atoms with Crippen LogP contribution in [0, 0.1) is 0 Å². The van der Waals surface area contributed by atoms with Crippen LogP contribution in [0.2, 0.25) is 0 Å². The van der Waals surface area contributed by atoms with E-state index in [0.29, 0.717) is 12.1 Å². The van der Waals surface area contributed by atoms with Gasteiger partial charge >= 0.3 is 0 Å². The van der Waals surface area contributed by atoms with Gasteiger partial charge in [0.15, 0.2) is 0 Å². The lowest BCUT2D eigenvalue weighted by Crippen LogP contribution is -2.42. The van der Waals surface area contributed by atoms with Crippen molar-refractivity contribution >= 4 is 0 Å². The van der Waals surface area contributed by atoms with Gasteiger partial charge in [0.1, 0.15) is 0 Å². The third-order valence-electron chi connectivity index (χ3n) is 3.70. The molecule has 3 heteroatoms. The molecule has 0 heterocycles. The number of benzene rings is 1. The molecule has 0 saturated carbocycles. The van der Waals surface area contributed by atoms with Crippen LogP contribution in [0.1, 0.15) is 31.4 Å². The van der Waals surface area contributed by atoms with E-state index in [0.717, 1.165) is 26.0 Å². The smallest absolute Gasteiger partial charge is 0.0475 e. The lowest BCUT2D eigenvalue weighted by molar-refractivity contribution is 0.149. The zero-order valence-electron chi connectivity index (χ0n) is 12.7. The van der Waals surface area contributed by atoms with Crippen LogP contribution in [-0.2, 0) is 4.74 Å². The number of methoxy groups -OCH3 is 1. The van der Waals surface area contributed by atoms with Crippen LogP contribution in [0.25, 0.3) is 0 Å². The van der Waals surface area contributed by atoms with Gasteiger partial charge in [-0.15, -0.1) is 0 Å². The van der Waals surface area contributed by atoms with Crippen LogP contribution in [0.15, 0.2) is 30.3 Å². The molecule has 0 amide bonds. The predicted octanol–water partition coefficient (Wildman–Crippen LogP) is 2.69. The Bertz CT molecular complexity index is 329. The first-order chi connectivity index (χ1) is 9.24. The van der Waals surface area contributed by atoms with Crippen molar-refractivity contribution in [3.63, 3.8) is 0 Å². The third-order valence-corrected chi connectivity index (χ3v) is 3.70. The van der Waals surface area contributed by atoms with Gasteiger partial charge in [-0.05, 0) is 32.5 Å². The average molecular weight is 264 g/mol. The zero-order valence-corrected chi connectivity index (χ0v) is 12.7. The topological polar surface area (TPSA) is 24.5 Å². The first-order valence-corrected chi connectivity index (χ1v) is 7.16. The first kappa shape index (κ1) is 16.2. The van der Waals surface area contributed by atoms with Crippen molar-refractivity contribution in [2.75, 3.05) is 34.4 Å². The maximum Gasteiger partial charge on any atom is 0.0475 e. The summed E-state index contributed by atoms with van der Waals surface area (Å²) in [7, 11) is 6.01. The van der Waals surface area contributed by atoms with Crippen molar-refractivity contribution in [1.29, 1.82) is 0 Å². The molecule has 0 aromatic heterocycles. The van der Waals surface area contributed by atoms with Crippen molar-refractivity contribution in [3.8, 4) is 0 Å². The minimum atomic E-state index is 0.374. The molecule has 0 bridgehead atoms. The van der Waals surface area contributed by atoms with E-state index in [9.17, 15) is 0 Å². The fourth-order valence-electron chi connectivity index (χ4n) is 2.67. The van der Waals surface area contributed by atoms with E-state index in [2.05, 4.69) is 54.5 Å². The summed E-state index contributed by atoms with van der Waals surface area (Å²) in [5.41, 5.74) is 1.36. The Morgan fingerprint density at radius 2 is 1.95 bits per heavy atom. The summed E-state index contributed by atoms with van der Waals surface area (Å²) in [6.45, 7) is 4.15. The largest absolute Gasteiger partial charge is 0.385 e. The molecule has 0 saturated heterocycles. The Balaban J connectivity index is 2.70. The summed E-state index contributed by atoms with van der Waals surface area (Å²) in [6.07, 6.45) is 2.21. The van der Waals surface area contributed by atoms with Gasteiger partial charge in [-0.25, -0.2) is 0 Å². The molecule has 0 aliphatic rings. The second-order valence-electron chi connectivity index (χ2n) is 4.98. The highest BCUT2D eigenvalue weighted by Crippen LogP contribution is 2.22. The van der Waals surface area contributed by atoms with Gasteiger partial charge < -0.3 is 15.0 Å². The molecule has 0 aliphatic heterocycles. The second-order valence-corrected chi connectivity index (χ2v) is 4.98. The summed E-state index contributed by atoms with van der Waals surface area (Å²) in [5, 5.41) is 3.47. The quantitative estimate of drug-likeness (QED) is 0.694. The molecule has 3 nitrogen and oxygen atoms in total. The minimum absolute atomic E-state index is 0.374. The molecule has 19 heavy (non-hydrogen) atoms. The molecule has 0 spiro atoms. The Morgan fingerprint density at radius 1 is 1.26 bits per heavy atom. The zero-order chi connectivity index (χ0) is 14.1. The van der Waals surface area contributed by atoms with E-state index >= 15 is 0 Å². The van der Waals surface area contributed by atoms with E-state index in [1.807, 2.05) is 7.05 Å². The fraction of sp³-hybridized carbons (Fsp3) is 0.625. The summed E-state index contributed by atoms with van der Waals surface area (Å²) in [4.78, 5) is 2.44.